The van der Waals surface area contributed by atoms with Crippen molar-refractivity contribution in [2.45, 2.75) is 43.8 Å². The van der Waals surface area contributed by atoms with Crippen molar-refractivity contribution in [2.75, 3.05) is 13.1 Å². The Morgan fingerprint density at radius 1 is 1.17 bits per heavy atom. The number of nitrogens with one attached hydrogen (secondary N) is 3. The van der Waals surface area contributed by atoms with Crippen molar-refractivity contribution < 1.29 is 28.0 Å². The van der Waals surface area contributed by atoms with E-state index in [1.54, 1.807) is 12.1 Å². The van der Waals surface area contributed by atoms with Gasteiger partial charge in [-0.25, -0.2) is 8.78 Å². The monoisotopic (exact) mass is 406 g/mol. The quantitative estimate of drug-likeness (QED) is 0.602. The molecule has 2 unspecified atom stereocenters. The molecule has 2 atom stereocenters. The van der Waals surface area contributed by atoms with Crippen molar-refractivity contribution in [1.29, 1.82) is 0 Å². The summed E-state index contributed by atoms with van der Waals surface area (Å²) in [5.74, 6) is -4.96. The van der Waals surface area contributed by atoms with Gasteiger partial charge in [0.2, 0.25) is 11.8 Å². The van der Waals surface area contributed by atoms with E-state index >= 15 is 0 Å². The van der Waals surface area contributed by atoms with Crippen LogP contribution in [0.3, 0.4) is 0 Å². The molecule has 0 aliphatic carbocycles. The number of amides is 4. The molecule has 0 saturated carbocycles. The summed E-state index contributed by atoms with van der Waals surface area (Å²) in [5, 5.41) is 7.96. The molecule has 2 saturated heterocycles. The molecule has 3 N–H and O–H groups in total. The minimum absolute atomic E-state index is 0.0528. The van der Waals surface area contributed by atoms with Crippen LogP contribution < -0.4 is 16.0 Å². The fourth-order valence-electron chi connectivity index (χ4n) is 4.06. The van der Waals surface area contributed by atoms with Crippen LogP contribution in [-0.2, 0) is 16.1 Å². The van der Waals surface area contributed by atoms with Gasteiger partial charge in [-0.2, -0.15) is 0 Å². The van der Waals surface area contributed by atoms with Crippen LogP contribution in [-0.4, -0.2) is 59.6 Å². The first kappa shape index (κ1) is 19.6. The molecule has 3 heterocycles. The number of carbonyl (C=O) groups is 4. The van der Waals surface area contributed by atoms with E-state index in [2.05, 4.69) is 16.0 Å². The average Bonchev–Trinajstić information content (AvgIpc) is 3.13. The van der Waals surface area contributed by atoms with Gasteiger partial charge in [0.15, 0.2) is 0 Å². The molecule has 3 aliphatic rings. The molecule has 1 aromatic rings. The van der Waals surface area contributed by atoms with Crippen LogP contribution in [0.5, 0.6) is 0 Å². The van der Waals surface area contributed by atoms with Gasteiger partial charge in [-0.15, -0.1) is 0 Å². The van der Waals surface area contributed by atoms with Gasteiger partial charge in [0, 0.05) is 32.0 Å². The third-order valence-corrected chi connectivity index (χ3v) is 5.46. The number of rotatable bonds is 5. The molecule has 4 rings (SSSR count). The fraction of sp³-hybridized carbons (Fsp3) is 0.474. The Kier molecular flexibility index (Phi) is 4.91. The predicted octanol–water partition coefficient (Wildman–Crippen LogP) is 0.175. The highest BCUT2D eigenvalue weighted by atomic mass is 19.3. The largest absolute Gasteiger partial charge is 0.311 e. The van der Waals surface area contributed by atoms with Gasteiger partial charge >= 0.3 is 0 Å². The number of hydrogen-bond donors (Lipinski definition) is 3. The lowest BCUT2D eigenvalue weighted by Crippen LogP contribution is -2.54. The first-order chi connectivity index (χ1) is 13.8. The van der Waals surface area contributed by atoms with Gasteiger partial charge < -0.3 is 10.6 Å². The fourth-order valence-corrected chi connectivity index (χ4v) is 4.06. The number of piperidine rings is 1. The normalized spacial score (nSPS) is 26.1. The summed E-state index contributed by atoms with van der Waals surface area (Å²) in [6.07, 6.45) is -0.115. The van der Waals surface area contributed by atoms with Gasteiger partial charge in [0.05, 0.1) is 17.7 Å². The number of nitrogens with zero attached hydrogens (tertiary/aromatic N) is 1. The summed E-state index contributed by atoms with van der Waals surface area (Å²) >= 11 is 0. The molecule has 4 amide bonds. The van der Waals surface area contributed by atoms with E-state index in [0.29, 0.717) is 5.56 Å². The Bertz CT molecular complexity index is 904. The van der Waals surface area contributed by atoms with Crippen LogP contribution in [0.15, 0.2) is 18.2 Å². The summed E-state index contributed by atoms with van der Waals surface area (Å²) in [6.45, 7) is 0.154. The Morgan fingerprint density at radius 2 is 1.97 bits per heavy atom. The van der Waals surface area contributed by atoms with E-state index < -0.39 is 35.6 Å². The third-order valence-electron chi connectivity index (χ3n) is 5.46. The average molecular weight is 406 g/mol. The number of hydrogen-bond acceptors (Lipinski definition) is 6. The van der Waals surface area contributed by atoms with Gasteiger partial charge in [-0.1, -0.05) is 12.1 Å². The Hall–Kier alpha value is -2.72. The van der Waals surface area contributed by atoms with Crippen molar-refractivity contribution in [3.05, 3.63) is 34.9 Å². The number of fused-ring (bicyclic) bond motifs is 1. The van der Waals surface area contributed by atoms with Gasteiger partial charge in [0.25, 0.3) is 17.7 Å². The first-order valence-electron chi connectivity index (χ1n) is 9.42. The van der Waals surface area contributed by atoms with E-state index in [1.165, 1.54) is 6.07 Å². The van der Waals surface area contributed by atoms with Gasteiger partial charge in [-0.05, 0) is 18.1 Å². The summed E-state index contributed by atoms with van der Waals surface area (Å²) in [7, 11) is 0. The standard InChI is InChI=1S/C19H20F2N4O4/c20-19(21)6-11(23-9-19)8-22-7-10-2-1-3-12-15(10)18(29)25(17(12)28)13-4-5-14(26)24-16(13)27/h1-3,11,13,22-23H,4-9H2,(H,24,26,27). The summed E-state index contributed by atoms with van der Waals surface area (Å²) < 4.78 is 26.5. The van der Waals surface area contributed by atoms with Crippen LogP contribution >= 0.6 is 0 Å². The number of benzene rings is 1. The molecule has 1 aromatic carbocycles. The van der Waals surface area contributed by atoms with E-state index in [4.69, 9.17) is 0 Å². The molecule has 10 heteroatoms. The SMILES string of the molecule is O=C1CCC(N2C(=O)c3cccc(CNCC4CC(F)(F)CN4)c3C2=O)C(=O)N1. The predicted molar refractivity (Wildman–Crippen MR) is 96.2 cm³/mol. The summed E-state index contributed by atoms with van der Waals surface area (Å²) in [6, 6.07) is 3.44. The molecule has 154 valence electrons. The molecule has 0 spiro atoms. The second-order valence-corrected chi connectivity index (χ2v) is 7.56. The zero-order valence-corrected chi connectivity index (χ0v) is 15.5. The van der Waals surface area contributed by atoms with Crippen LogP contribution in [0, 0.1) is 0 Å². The third kappa shape index (κ3) is 3.65. The zero-order chi connectivity index (χ0) is 20.8. The number of alkyl halides is 2. The molecule has 8 nitrogen and oxygen atoms in total. The van der Waals surface area contributed by atoms with Gasteiger partial charge in [0.1, 0.15) is 6.04 Å². The van der Waals surface area contributed by atoms with Crippen molar-refractivity contribution in [3.63, 3.8) is 0 Å². The molecule has 0 bridgehead atoms. The van der Waals surface area contributed by atoms with E-state index in [9.17, 15) is 28.0 Å². The highest BCUT2D eigenvalue weighted by Gasteiger charge is 2.45. The van der Waals surface area contributed by atoms with Crippen LogP contribution in [0.2, 0.25) is 0 Å². The maximum absolute atomic E-state index is 13.3. The highest BCUT2D eigenvalue weighted by molar-refractivity contribution is 6.24. The van der Waals surface area contributed by atoms with Gasteiger partial charge in [-0.3, -0.25) is 29.4 Å². The molecule has 2 fully saturated rings. The lowest BCUT2D eigenvalue weighted by atomic mass is 10.0. The number of halogens is 2. The number of carbonyl (C=O) groups excluding carboxylic acids is 4. The minimum Gasteiger partial charge on any atom is -0.311 e. The maximum atomic E-state index is 13.3. The smallest absolute Gasteiger partial charge is 0.262 e. The Morgan fingerprint density at radius 3 is 2.66 bits per heavy atom. The zero-order valence-electron chi connectivity index (χ0n) is 15.5. The molecule has 3 aliphatic heterocycles. The number of imide groups is 2. The molecular formula is C19H20F2N4O4. The maximum Gasteiger partial charge on any atom is 0.262 e. The second kappa shape index (κ2) is 7.27. The van der Waals surface area contributed by atoms with Crippen molar-refractivity contribution in [1.82, 2.24) is 20.9 Å². The van der Waals surface area contributed by atoms with E-state index in [-0.39, 0.29) is 56.1 Å². The topological polar surface area (TPSA) is 108 Å². The molecular weight excluding hydrogens is 386 g/mol. The van der Waals surface area contributed by atoms with E-state index in [0.717, 1.165) is 4.90 Å². The molecule has 0 radical (unpaired) electrons. The molecule has 29 heavy (non-hydrogen) atoms. The lowest BCUT2D eigenvalue weighted by molar-refractivity contribution is -0.136. The Labute approximate surface area is 165 Å². The van der Waals surface area contributed by atoms with Crippen LogP contribution in [0.25, 0.3) is 0 Å². The highest BCUT2D eigenvalue weighted by Crippen LogP contribution is 2.30. The minimum atomic E-state index is -2.72. The van der Waals surface area contributed by atoms with Crippen molar-refractivity contribution in [3.8, 4) is 0 Å². The van der Waals surface area contributed by atoms with E-state index in [1.807, 2.05) is 0 Å². The van der Waals surface area contributed by atoms with Crippen molar-refractivity contribution >= 4 is 23.6 Å². The summed E-state index contributed by atoms with van der Waals surface area (Å²) in [4.78, 5) is 50.1. The summed E-state index contributed by atoms with van der Waals surface area (Å²) in [5.41, 5.74) is 0.962. The van der Waals surface area contributed by atoms with Crippen molar-refractivity contribution in [2.24, 2.45) is 0 Å². The Balaban J connectivity index is 1.48. The first-order valence-corrected chi connectivity index (χ1v) is 9.42. The molecule has 0 aromatic heterocycles. The van der Waals surface area contributed by atoms with Crippen LogP contribution in [0.4, 0.5) is 8.78 Å². The second-order valence-electron chi connectivity index (χ2n) is 7.56. The van der Waals surface area contributed by atoms with Crippen LogP contribution in [0.1, 0.15) is 45.5 Å². The lowest BCUT2D eigenvalue weighted by Gasteiger charge is -2.27.